The Hall–Kier alpha value is -2.30. The van der Waals surface area contributed by atoms with Crippen LogP contribution >= 0.6 is 0 Å². The van der Waals surface area contributed by atoms with Crippen LogP contribution in [0.25, 0.3) is 10.9 Å². The first kappa shape index (κ1) is 14.6. The van der Waals surface area contributed by atoms with Crippen molar-refractivity contribution in [1.82, 2.24) is 9.47 Å². The lowest BCUT2D eigenvalue weighted by molar-refractivity contribution is -0.141. The van der Waals surface area contributed by atoms with Gasteiger partial charge in [0.2, 0.25) is 5.91 Å². The van der Waals surface area contributed by atoms with Crippen molar-refractivity contribution in [3.8, 4) is 0 Å². The predicted octanol–water partition coefficient (Wildman–Crippen LogP) is 2.04. The van der Waals surface area contributed by atoms with Crippen LogP contribution in [0.1, 0.15) is 18.4 Å². The van der Waals surface area contributed by atoms with E-state index in [0.29, 0.717) is 32.4 Å². The fourth-order valence-corrected chi connectivity index (χ4v) is 3.21. The van der Waals surface area contributed by atoms with Gasteiger partial charge in [-0.05, 0) is 24.5 Å². The third-order valence-electron chi connectivity index (χ3n) is 4.48. The predicted molar refractivity (Wildman–Crippen MR) is 83.6 cm³/mol. The molecule has 22 heavy (non-hydrogen) atoms. The molecule has 1 fully saturated rings. The number of fused-ring (bicyclic) bond motifs is 1. The van der Waals surface area contributed by atoms with Crippen molar-refractivity contribution in [2.24, 2.45) is 13.0 Å². The van der Waals surface area contributed by atoms with Gasteiger partial charge in [-0.1, -0.05) is 18.2 Å². The zero-order valence-electron chi connectivity index (χ0n) is 12.7. The summed E-state index contributed by atoms with van der Waals surface area (Å²) in [6, 6.07) is 8.16. The molecule has 1 unspecified atom stereocenters. The van der Waals surface area contributed by atoms with Gasteiger partial charge in [-0.25, -0.2) is 0 Å². The summed E-state index contributed by atoms with van der Waals surface area (Å²) >= 11 is 0. The van der Waals surface area contributed by atoms with Gasteiger partial charge >= 0.3 is 5.97 Å². The first-order chi connectivity index (χ1) is 10.6. The van der Waals surface area contributed by atoms with E-state index in [0.717, 1.165) is 5.52 Å². The number of nitrogens with zero attached hydrogens (tertiary/aromatic N) is 2. The number of aliphatic carboxylic acids is 1. The van der Waals surface area contributed by atoms with Gasteiger partial charge < -0.3 is 14.6 Å². The first-order valence-electron chi connectivity index (χ1n) is 7.60. The molecular weight excluding hydrogens is 280 g/mol. The molecule has 116 valence electrons. The van der Waals surface area contributed by atoms with Gasteiger partial charge in [0.1, 0.15) is 0 Å². The van der Waals surface area contributed by atoms with Gasteiger partial charge in [-0.3, -0.25) is 9.59 Å². The molecule has 0 bridgehead atoms. The number of carboxylic acid groups (broad SMARTS) is 1. The number of para-hydroxylation sites is 1. The van der Waals surface area contributed by atoms with Gasteiger partial charge in [0.15, 0.2) is 0 Å². The van der Waals surface area contributed by atoms with E-state index in [-0.39, 0.29) is 5.91 Å². The SMILES string of the molecule is Cn1cc(CCC(=O)N2CCC(C(=O)O)C2)c2ccccc21. The number of aryl methyl sites for hydroxylation is 2. The molecule has 1 aromatic heterocycles. The summed E-state index contributed by atoms with van der Waals surface area (Å²) in [5.41, 5.74) is 2.33. The van der Waals surface area contributed by atoms with Crippen LogP contribution in [-0.4, -0.2) is 39.5 Å². The molecule has 5 nitrogen and oxygen atoms in total. The number of benzene rings is 1. The molecule has 1 saturated heterocycles. The first-order valence-corrected chi connectivity index (χ1v) is 7.60. The number of carboxylic acids is 1. The lowest BCUT2D eigenvalue weighted by Gasteiger charge is -2.15. The Kier molecular flexibility index (Phi) is 3.88. The number of rotatable bonds is 4. The highest BCUT2D eigenvalue weighted by molar-refractivity contribution is 5.85. The number of hydrogen-bond donors (Lipinski definition) is 1. The van der Waals surface area contributed by atoms with Crippen molar-refractivity contribution < 1.29 is 14.7 Å². The number of aromatic nitrogens is 1. The lowest BCUT2D eigenvalue weighted by atomic mass is 10.1. The molecule has 1 aliphatic heterocycles. The zero-order chi connectivity index (χ0) is 15.7. The van der Waals surface area contributed by atoms with Crippen LogP contribution in [0.2, 0.25) is 0 Å². The molecule has 0 radical (unpaired) electrons. The van der Waals surface area contributed by atoms with E-state index >= 15 is 0 Å². The van der Waals surface area contributed by atoms with Crippen molar-refractivity contribution in [3.05, 3.63) is 36.0 Å². The minimum Gasteiger partial charge on any atom is -0.481 e. The summed E-state index contributed by atoms with van der Waals surface area (Å²) in [4.78, 5) is 24.9. The van der Waals surface area contributed by atoms with Crippen LogP contribution in [0.4, 0.5) is 0 Å². The highest BCUT2D eigenvalue weighted by atomic mass is 16.4. The number of hydrogen-bond acceptors (Lipinski definition) is 2. The number of likely N-dealkylation sites (tertiary alicyclic amines) is 1. The molecular formula is C17H20N2O3. The summed E-state index contributed by atoms with van der Waals surface area (Å²) in [7, 11) is 2.01. The topological polar surface area (TPSA) is 62.5 Å². The number of carbonyl (C=O) groups is 2. The van der Waals surface area contributed by atoms with Crippen LogP contribution in [0.5, 0.6) is 0 Å². The summed E-state index contributed by atoms with van der Waals surface area (Å²) in [6.07, 6.45) is 3.76. The maximum atomic E-state index is 12.3. The molecule has 1 aromatic carbocycles. The molecule has 0 saturated carbocycles. The van der Waals surface area contributed by atoms with Gasteiger partial charge in [-0.15, -0.1) is 0 Å². The van der Waals surface area contributed by atoms with Crippen LogP contribution in [0.15, 0.2) is 30.5 Å². The molecule has 1 atom stereocenters. The Bertz CT molecular complexity index is 720. The third-order valence-corrected chi connectivity index (χ3v) is 4.48. The quantitative estimate of drug-likeness (QED) is 0.940. The van der Waals surface area contributed by atoms with Crippen molar-refractivity contribution in [2.45, 2.75) is 19.3 Å². The second kappa shape index (κ2) is 5.83. The lowest BCUT2D eigenvalue weighted by Crippen LogP contribution is -2.30. The highest BCUT2D eigenvalue weighted by Crippen LogP contribution is 2.23. The number of carbonyl (C=O) groups excluding carboxylic acids is 1. The molecule has 5 heteroatoms. The van der Waals surface area contributed by atoms with Crippen LogP contribution < -0.4 is 0 Å². The highest BCUT2D eigenvalue weighted by Gasteiger charge is 2.30. The normalized spacial score (nSPS) is 18.0. The molecule has 3 rings (SSSR count). The summed E-state index contributed by atoms with van der Waals surface area (Å²) < 4.78 is 2.07. The molecule has 2 aromatic rings. The molecule has 2 heterocycles. The maximum Gasteiger partial charge on any atom is 0.308 e. The largest absolute Gasteiger partial charge is 0.481 e. The van der Waals surface area contributed by atoms with Crippen LogP contribution in [0, 0.1) is 5.92 Å². The Balaban J connectivity index is 1.65. The van der Waals surface area contributed by atoms with E-state index in [9.17, 15) is 9.59 Å². The third kappa shape index (κ3) is 2.71. The molecule has 0 aliphatic carbocycles. The van der Waals surface area contributed by atoms with Gasteiger partial charge in [0.25, 0.3) is 0 Å². The minimum atomic E-state index is -0.802. The van der Waals surface area contributed by atoms with Gasteiger partial charge in [0.05, 0.1) is 5.92 Å². The van der Waals surface area contributed by atoms with Crippen LogP contribution in [-0.2, 0) is 23.1 Å². The summed E-state index contributed by atoms with van der Waals surface area (Å²) in [6.45, 7) is 0.912. The molecule has 0 spiro atoms. The van der Waals surface area contributed by atoms with E-state index in [1.54, 1.807) is 4.90 Å². The van der Waals surface area contributed by atoms with Gasteiger partial charge in [0, 0.05) is 43.7 Å². The van der Waals surface area contributed by atoms with Crippen LogP contribution in [0.3, 0.4) is 0 Å². The average Bonchev–Trinajstić information content (AvgIpc) is 3.11. The Labute approximate surface area is 129 Å². The smallest absolute Gasteiger partial charge is 0.308 e. The minimum absolute atomic E-state index is 0.0525. The Morgan fingerprint density at radius 2 is 2.09 bits per heavy atom. The van der Waals surface area contributed by atoms with Crippen molar-refractivity contribution in [3.63, 3.8) is 0 Å². The van der Waals surface area contributed by atoms with Crippen molar-refractivity contribution in [1.29, 1.82) is 0 Å². The fourth-order valence-electron chi connectivity index (χ4n) is 3.21. The number of amides is 1. The van der Waals surface area contributed by atoms with E-state index in [4.69, 9.17) is 5.11 Å². The summed E-state index contributed by atoms with van der Waals surface area (Å²) in [5.74, 6) is -1.15. The molecule has 1 amide bonds. The second-order valence-electron chi connectivity index (χ2n) is 5.95. The van der Waals surface area contributed by atoms with Crippen molar-refractivity contribution in [2.75, 3.05) is 13.1 Å². The molecule has 1 aliphatic rings. The zero-order valence-corrected chi connectivity index (χ0v) is 12.7. The fraction of sp³-hybridized carbons (Fsp3) is 0.412. The van der Waals surface area contributed by atoms with E-state index in [1.165, 1.54) is 10.9 Å². The average molecular weight is 300 g/mol. The summed E-state index contributed by atoms with van der Waals surface area (Å²) in [5, 5.41) is 10.2. The maximum absolute atomic E-state index is 12.3. The standard InChI is InChI=1S/C17H20N2O3/c1-18-10-12(14-4-2-3-5-15(14)18)6-7-16(20)19-9-8-13(11-19)17(21)22/h2-5,10,13H,6-9,11H2,1H3,(H,21,22). The molecule has 1 N–H and O–H groups in total. The van der Waals surface area contributed by atoms with E-state index in [2.05, 4.69) is 22.9 Å². The Morgan fingerprint density at radius 3 is 2.82 bits per heavy atom. The Morgan fingerprint density at radius 1 is 1.32 bits per heavy atom. The monoisotopic (exact) mass is 300 g/mol. The second-order valence-corrected chi connectivity index (χ2v) is 5.95. The van der Waals surface area contributed by atoms with Gasteiger partial charge in [-0.2, -0.15) is 0 Å². The van der Waals surface area contributed by atoms with E-state index in [1.807, 2.05) is 19.2 Å². The van der Waals surface area contributed by atoms with Crippen molar-refractivity contribution >= 4 is 22.8 Å². The van der Waals surface area contributed by atoms with E-state index < -0.39 is 11.9 Å².